The van der Waals surface area contributed by atoms with Crippen LogP contribution in [0.3, 0.4) is 0 Å². The van der Waals surface area contributed by atoms with E-state index in [9.17, 15) is 0 Å². The van der Waals surface area contributed by atoms with Crippen LogP contribution in [0.15, 0.2) is 18.2 Å². The molecule has 2 rings (SSSR count). The SMILES string of the molecule is COc1cccc(CC(C)N)c1OCCN1CCC(C)CC1. The quantitative estimate of drug-likeness (QED) is 0.841. The molecule has 1 fully saturated rings. The summed E-state index contributed by atoms with van der Waals surface area (Å²) >= 11 is 0. The van der Waals surface area contributed by atoms with Gasteiger partial charge in [-0.15, -0.1) is 0 Å². The van der Waals surface area contributed by atoms with Gasteiger partial charge in [0, 0.05) is 12.6 Å². The van der Waals surface area contributed by atoms with Gasteiger partial charge in [0.15, 0.2) is 11.5 Å². The lowest BCUT2D eigenvalue weighted by atomic mass is 9.99. The van der Waals surface area contributed by atoms with Crippen molar-refractivity contribution in [2.75, 3.05) is 33.4 Å². The second-order valence-electron chi connectivity index (χ2n) is 6.50. The average Bonchev–Trinajstić information content (AvgIpc) is 2.50. The highest BCUT2D eigenvalue weighted by Crippen LogP contribution is 2.31. The molecule has 0 aliphatic carbocycles. The monoisotopic (exact) mass is 306 g/mol. The minimum Gasteiger partial charge on any atom is -0.493 e. The molecule has 2 N–H and O–H groups in total. The van der Waals surface area contributed by atoms with Crippen LogP contribution >= 0.6 is 0 Å². The third-order valence-electron chi connectivity index (χ3n) is 4.35. The highest BCUT2D eigenvalue weighted by molar-refractivity contribution is 5.47. The van der Waals surface area contributed by atoms with Crippen molar-refractivity contribution in [3.63, 3.8) is 0 Å². The molecule has 1 unspecified atom stereocenters. The minimum atomic E-state index is 0.109. The minimum absolute atomic E-state index is 0.109. The Hall–Kier alpha value is -1.26. The Kier molecular flexibility index (Phi) is 6.52. The van der Waals surface area contributed by atoms with E-state index in [-0.39, 0.29) is 6.04 Å². The number of likely N-dealkylation sites (tertiary alicyclic amines) is 1. The number of para-hydroxylation sites is 1. The van der Waals surface area contributed by atoms with Crippen molar-refractivity contribution < 1.29 is 9.47 Å². The third-order valence-corrected chi connectivity index (χ3v) is 4.35. The molecular weight excluding hydrogens is 276 g/mol. The van der Waals surface area contributed by atoms with Crippen molar-refractivity contribution in [1.82, 2.24) is 4.90 Å². The zero-order chi connectivity index (χ0) is 15.9. The van der Waals surface area contributed by atoms with E-state index in [1.165, 1.54) is 25.9 Å². The Labute approximate surface area is 134 Å². The molecule has 0 spiro atoms. The molecule has 0 radical (unpaired) electrons. The summed E-state index contributed by atoms with van der Waals surface area (Å²) in [5.74, 6) is 2.52. The first-order chi connectivity index (χ1) is 10.6. The summed E-state index contributed by atoms with van der Waals surface area (Å²) in [5, 5.41) is 0. The maximum absolute atomic E-state index is 6.07. The van der Waals surface area contributed by atoms with Gasteiger partial charge >= 0.3 is 0 Å². The van der Waals surface area contributed by atoms with Gasteiger partial charge in [-0.1, -0.05) is 19.1 Å². The topological polar surface area (TPSA) is 47.7 Å². The Bertz CT molecular complexity index is 454. The second kappa shape index (κ2) is 8.39. The average molecular weight is 306 g/mol. The maximum Gasteiger partial charge on any atom is 0.164 e. The molecule has 1 aliphatic heterocycles. The highest BCUT2D eigenvalue weighted by atomic mass is 16.5. The molecule has 4 heteroatoms. The molecule has 1 atom stereocenters. The van der Waals surface area contributed by atoms with Crippen LogP contribution < -0.4 is 15.2 Å². The lowest BCUT2D eigenvalue weighted by Gasteiger charge is -2.30. The molecule has 22 heavy (non-hydrogen) atoms. The molecule has 1 aromatic carbocycles. The Morgan fingerprint density at radius 3 is 2.68 bits per heavy atom. The second-order valence-corrected chi connectivity index (χ2v) is 6.50. The van der Waals surface area contributed by atoms with Gasteiger partial charge in [0.05, 0.1) is 7.11 Å². The zero-order valence-electron chi connectivity index (χ0n) is 14.2. The number of hydrogen-bond acceptors (Lipinski definition) is 4. The molecule has 1 saturated heterocycles. The van der Waals surface area contributed by atoms with Crippen LogP contribution in [-0.2, 0) is 6.42 Å². The summed E-state index contributed by atoms with van der Waals surface area (Å²) in [4.78, 5) is 2.49. The summed E-state index contributed by atoms with van der Waals surface area (Å²) < 4.78 is 11.5. The fourth-order valence-electron chi connectivity index (χ4n) is 2.96. The number of methoxy groups -OCH3 is 1. The number of ether oxygens (including phenoxy) is 2. The largest absolute Gasteiger partial charge is 0.493 e. The van der Waals surface area contributed by atoms with Crippen LogP contribution in [0.2, 0.25) is 0 Å². The number of piperidine rings is 1. The van der Waals surface area contributed by atoms with Gasteiger partial charge in [-0.3, -0.25) is 4.90 Å². The molecular formula is C18H30N2O2. The highest BCUT2D eigenvalue weighted by Gasteiger charge is 2.16. The smallest absolute Gasteiger partial charge is 0.164 e. The van der Waals surface area contributed by atoms with E-state index < -0.39 is 0 Å². The van der Waals surface area contributed by atoms with Gasteiger partial charge in [0.2, 0.25) is 0 Å². The first kappa shape index (κ1) is 17.1. The predicted octanol–water partition coefficient (Wildman–Crippen LogP) is 2.70. The standard InChI is InChI=1S/C18H30N2O2/c1-14-7-9-20(10-8-14)11-12-22-18-16(13-15(2)19)5-4-6-17(18)21-3/h4-6,14-15H,7-13,19H2,1-3H3. The van der Waals surface area contributed by atoms with Crippen molar-refractivity contribution in [3.8, 4) is 11.5 Å². The zero-order valence-corrected chi connectivity index (χ0v) is 14.2. The van der Waals surface area contributed by atoms with E-state index in [0.29, 0.717) is 6.61 Å². The van der Waals surface area contributed by atoms with E-state index in [2.05, 4.69) is 17.9 Å². The van der Waals surface area contributed by atoms with E-state index in [1.54, 1.807) is 7.11 Å². The Morgan fingerprint density at radius 1 is 1.32 bits per heavy atom. The maximum atomic E-state index is 6.07. The van der Waals surface area contributed by atoms with Crippen molar-refractivity contribution in [3.05, 3.63) is 23.8 Å². The fourth-order valence-corrected chi connectivity index (χ4v) is 2.96. The van der Waals surface area contributed by atoms with Crippen molar-refractivity contribution >= 4 is 0 Å². The molecule has 1 aliphatic rings. The summed E-state index contributed by atoms with van der Waals surface area (Å²) in [5.41, 5.74) is 7.07. The number of nitrogens with zero attached hydrogens (tertiary/aromatic N) is 1. The van der Waals surface area contributed by atoms with Crippen molar-refractivity contribution in [2.45, 2.75) is 39.2 Å². The van der Waals surface area contributed by atoms with Crippen LogP contribution in [0.25, 0.3) is 0 Å². The van der Waals surface area contributed by atoms with Gasteiger partial charge in [-0.05, 0) is 56.8 Å². The number of rotatable bonds is 7. The molecule has 124 valence electrons. The van der Waals surface area contributed by atoms with Crippen LogP contribution in [0, 0.1) is 5.92 Å². The van der Waals surface area contributed by atoms with Crippen LogP contribution in [-0.4, -0.2) is 44.3 Å². The van der Waals surface area contributed by atoms with E-state index in [0.717, 1.165) is 35.9 Å². The molecule has 4 nitrogen and oxygen atoms in total. The number of benzene rings is 1. The van der Waals surface area contributed by atoms with E-state index in [1.807, 2.05) is 19.1 Å². The summed E-state index contributed by atoms with van der Waals surface area (Å²) in [6.45, 7) is 8.39. The molecule has 1 aromatic rings. The number of nitrogens with two attached hydrogens (primary N) is 1. The lowest BCUT2D eigenvalue weighted by Crippen LogP contribution is -2.35. The van der Waals surface area contributed by atoms with Crippen molar-refractivity contribution in [2.24, 2.45) is 11.7 Å². The first-order valence-electron chi connectivity index (χ1n) is 8.36. The van der Waals surface area contributed by atoms with Gasteiger partial charge < -0.3 is 15.2 Å². The van der Waals surface area contributed by atoms with Gasteiger partial charge in [-0.2, -0.15) is 0 Å². The Balaban J connectivity index is 1.93. The fraction of sp³-hybridized carbons (Fsp3) is 0.667. The van der Waals surface area contributed by atoms with Gasteiger partial charge in [-0.25, -0.2) is 0 Å². The normalized spacial score (nSPS) is 18.2. The van der Waals surface area contributed by atoms with Crippen molar-refractivity contribution in [1.29, 1.82) is 0 Å². The first-order valence-corrected chi connectivity index (χ1v) is 8.36. The third kappa shape index (κ3) is 4.89. The molecule has 0 aromatic heterocycles. The van der Waals surface area contributed by atoms with Crippen LogP contribution in [0.4, 0.5) is 0 Å². The molecule has 1 heterocycles. The lowest BCUT2D eigenvalue weighted by molar-refractivity contribution is 0.158. The summed E-state index contributed by atoms with van der Waals surface area (Å²) in [6.07, 6.45) is 3.39. The molecule has 0 bridgehead atoms. The van der Waals surface area contributed by atoms with Crippen LogP contribution in [0.1, 0.15) is 32.3 Å². The molecule has 0 saturated carbocycles. The van der Waals surface area contributed by atoms with E-state index >= 15 is 0 Å². The number of hydrogen-bond donors (Lipinski definition) is 1. The van der Waals surface area contributed by atoms with Gasteiger partial charge in [0.1, 0.15) is 6.61 Å². The van der Waals surface area contributed by atoms with E-state index in [4.69, 9.17) is 15.2 Å². The summed E-state index contributed by atoms with van der Waals surface area (Å²) in [6, 6.07) is 6.12. The van der Waals surface area contributed by atoms with Crippen LogP contribution in [0.5, 0.6) is 11.5 Å². The molecule has 0 amide bonds. The van der Waals surface area contributed by atoms with Gasteiger partial charge in [0.25, 0.3) is 0 Å². The summed E-state index contributed by atoms with van der Waals surface area (Å²) in [7, 11) is 1.68. The Morgan fingerprint density at radius 2 is 2.05 bits per heavy atom. The predicted molar refractivity (Wildman–Crippen MR) is 90.7 cm³/mol.